The van der Waals surface area contributed by atoms with Crippen LogP contribution in [0.1, 0.15) is 17.2 Å². The number of pyridine rings is 1. The van der Waals surface area contributed by atoms with Crippen molar-refractivity contribution in [2.75, 3.05) is 12.0 Å². The molecule has 5 rings (SSSR count). The van der Waals surface area contributed by atoms with Gasteiger partial charge in [-0.05, 0) is 89.1 Å². The Kier molecular flexibility index (Phi) is 9.05. The minimum atomic E-state index is -1.04. The van der Waals surface area contributed by atoms with Crippen LogP contribution in [0.2, 0.25) is 10.0 Å². The van der Waals surface area contributed by atoms with E-state index in [0.717, 1.165) is 5.56 Å². The number of rotatable bonds is 10. The third-order valence-corrected chi connectivity index (χ3v) is 6.86. The van der Waals surface area contributed by atoms with Crippen molar-refractivity contribution in [3.63, 3.8) is 0 Å². The van der Waals surface area contributed by atoms with E-state index in [1.165, 1.54) is 9.70 Å². The van der Waals surface area contributed by atoms with Gasteiger partial charge in [-0.25, -0.2) is 0 Å². The molecule has 212 valence electrons. The van der Waals surface area contributed by atoms with Crippen molar-refractivity contribution in [1.82, 2.24) is 30.5 Å². The maximum absolute atomic E-state index is 14.0. The van der Waals surface area contributed by atoms with E-state index < -0.39 is 17.9 Å². The fraction of sp³-hybridized carbons (Fsp3) is 0.133. The fourth-order valence-electron chi connectivity index (χ4n) is 4.25. The van der Waals surface area contributed by atoms with E-state index in [4.69, 9.17) is 27.9 Å². The van der Waals surface area contributed by atoms with Crippen LogP contribution in [0.5, 0.6) is 5.75 Å². The summed E-state index contributed by atoms with van der Waals surface area (Å²) in [7, 11) is 1.59. The van der Waals surface area contributed by atoms with Gasteiger partial charge in [-0.15, -0.1) is 10.2 Å². The lowest BCUT2D eigenvalue weighted by Crippen LogP contribution is -2.45. The number of ether oxygens (including phenoxy) is 1. The highest BCUT2D eigenvalue weighted by atomic mass is 35.5. The summed E-state index contributed by atoms with van der Waals surface area (Å²) in [5.41, 5.74) is 2.58. The smallest absolute Gasteiger partial charge is 0.251 e. The third-order valence-electron chi connectivity index (χ3n) is 6.36. The lowest BCUT2D eigenvalue weighted by molar-refractivity contribution is -0.127. The number of benzene rings is 3. The normalized spacial score (nSPS) is 11.5. The molecule has 1 atom stereocenters. The van der Waals surface area contributed by atoms with Crippen LogP contribution in [0.4, 0.5) is 5.69 Å². The minimum absolute atomic E-state index is 0.238. The first-order valence-electron chi connectivity index (χ1n) is 12.8. The number of hydrogen-bond donors (Lipinski definition) is 1. The molecule has 5 aromatic rings. The maximum Gasteiger partial charge on any atom is 0.251 e. The average molecular weight is 602 g/mol. The molecule has 12 heteroatoms. The van der Waals surface area contributed by atoms with Crippen molar-refractivity contribution < 1.29 is 14.3 Å². The molecule has 0 aliphatic rings. The number of tetrazole rings is 1. The molecule has 42 heavy (non-hydrogen) atoms. The number of halogens is 2. The summed E-state index contributed by atoms with van der Waals surface area (Å²) < 4.78 is 5.22. The molecule has 0 aliphatic carbocycles. The lowest BCUT2D eigenvalue weighted by atomic mass is 10.0. The van der Waals surface area contributed by atoms with Crippen molar-refractivity contribution in [2.24, 2.45) is 0 Å². The molecule has 1 N–H and O–H groups in total. The van der Waals surface area contributed by atoms with Gasteiger partial charge in [0.25, 0.3) is 5.91 Å². The summed E-state index contributed by atoms with van der Waals surface area (Å²) in [6, 6.07) is 23.3. The molecule has 0 aliphatic heterocycles. The zero-order valence-corrected chi connectivity index (χ0v) is 23.9. The first-order valence-corrected chi connectivity index (χ1v) is 13.6. The van der Waals surface area contributed by atoms with Crippen LogP contribution in [0, 0.1) is 0 Å². The maximum atomic E-state index is 14.0. The molecular formula is C30H25Cl2N7O3. The Morgan fingerprint density at radius 2 is 1.55 bits per heavy atom. The van der Waals surface area contributed by atoms with Gasteiger partial charge in [0, 0.05) is 40.2 Å². The number of methoxy groups -OCH3 is 1. The number of nitrogens with one attached hydrogen (secondary N) is 1. The Morgan fingerprint density at radius 3 is 2.19 bits per heavy atom. The van der Waals surface area contributed by atoms with Crippen molar-refractivity contribution in [3.8, 4) is 17.1 Å². The van der Waals surface area contributed by atoms with Gasteiger partial charge in [0.2, 0.25) is 11.7 Å². The van der Waals surface area contributed by atoms with Crippen molar-refractivity contribution in [2.45, 2.75) is 19.1 Å². The molecule has 2 aromatic heterocycles. The fourth-order valence-corrected chi connectivity index (χ4v) is 4.51. The molecule has 3 aromatic carbocycles. The highest BCUT2D eigenvalue weighted by Gasteiger charge is 2.33. The van der Waals surface area contributed by atoms with Crippen LogP contribution in [0.15, 0.2) is 97.3 Å². The van der Waals surface area contributed by atoms with Crippen LogP contribution < -0.4 is 15.0 Å². The van der Waals surface area contributed by atoms with E-state index in [1.807, 2.05) is 24.3 Å². The molecule has 10 nitrogen and oxygen atoms in total. The third kappa shape index (κ3) is 6.91. The zero-order valence-electron chi connectivity index (χ0n) is 22.4. The minimum Gasteiger partial charge on any atom is -0.497 e. The van der Waals surface area contributed by atoms with Crippen molar-refractivity contribution in [1.29, 1.82) is 0 Å². The highest BCUT2D eigenvalue weighted by Crippen LogP contribution is 2.29. The quantitative estimate of drug-likeness (QED) is 0.235. The molecule has 2 heterocycles. The number of carbonyl (C=O) groups excluding carboxylic acids is 2. The van der Waals surface area contributed by atoms with Gasteiger partial charge < -0.3 is 10.1 Å². The SMILES string of the molecule is COc1ccc(CNC(=O)C(c2ccncc2)N(C(=O)Cn2nnc(-c3ccc(Cl)cc3)n2)c2ccc(Cl)cc2)cc1. The van der Waals surface area contributed by atoms with Gasteiger partial charge in [-0.1, -0.05) is 35.3 Å². The molecule has 0 saturated carbocycles. The van der Waals surface area contributed by atoms with Gasteiger partial charge in [-0.3, -0.25) is 19.5 Å². The Balaban J connectivity index is 1.46. The number of nitrogens with zero attached hydrogens (tertiary/aromatic N) is 6. The summed E-state index contributed by atoms with van der Waals surface area (Å²) in [4.78, 5) is 34.5. The summed E-state index contributed by atoms with van der Waals surface area (Å²) in [5.74, 6) is 0.202. The molecule has 0 bridgehead atoms. The molecular weight excluding hydrogens is 577 g/mol. The van der Waals surface area contributed by atoms with Gasteiger partial charge in [-0.2, -0.15) is 4.80 Å². The number of hydrogen-bond acceptors (Lipinski definition) is 7. The van der Waals surface area contributed by atoms with Gasteiger partial charge >= 0.3 is 0 Å². The number of aromatic nitrogens is 5. The number of amides is 2. The summed E-state index contributed by atoms with van der Waals surface area (Å²) >= 11 is 12.1. The second-order valence-electron chi connectivity index (χ2n) is 9.14. The number of anilines is 1. The van der Waals surface area contributed by atoms with Crippen LogP contribution in [0.25, 0.3) is 11.4 Å². The molecule has 0 fully saturated rings. The Hall–Kier alpha value is -4.80. The van der Waals surface area contributed by atoms with Gasteiger partial charge in [0.1, 0.15) is 18.3 Å². The molecule has 0 spiro atoms. The zero-order chi connectivity index (χ0) is 29.5. The second-order valence-corrected chi connectivity index (χ2v) is 10.0. The van der Waals surface area contributed by atoms with Crippen LogP contribution >= 0.6 is 23.2 Å². The molecule has 0 radical (unpaired) electrons. The predicted octanol–water partition coefficient (Wildman–Crippen LogP) is 5.14. The van der Waals surface area contributed by atoms with Crippen LogP contribution in [-0.4, -0.2) is 44.1 Å². The van der Waals surface area contributed by atoms with Crippen LogP contribution in [0.3, 0.4) is 0 Å². The summed E-state index contributed by atoms with van der Waals surface area (Å²) in [6.07, 6.45) is 3.14. The topological polar surface area (TPSA) is 115 Å². The van der Waals surface area contributed by atoms with E-state index in [9.17, 15) is 9.59 Å². The Labute approximate surface area is 251 Å². The summed E-state index contributed by atoms with van der Waals surface area (Å²) in [6.45, 7) is -0.0430. The van der Waals surface area contributed by atoms with E-state index >= 15 is 0 Å². The van der Waals surface area contributed by atoms with E-state index in [1.54, 1.807) is 80.2 Å². The standard InChI is InChI=1S/C30H25Cl2N7O3/c1-42-26-12-2-20(3-13-26)18-34-30(41)28(21-14-16-33-17-15-21)39(25-10-8-24(32)9-11-25)27(40)19-38-36-29(35-37-38)22-4-6-23(31)7-5-22/h2-17,28H,18-19H2,1H3,(H,34,41). The predicted molar refractivity (Wildman–Crippen MR) is 159 cm³/mol. The van der Waals surface area contributed by atoms with Crippen molar-refractivity contribution in [3.05, 3.63) is 118 Å². The lowest BCUT2D eigenvalue weighted by Gasteiger charge is -2.31. The van der Waals surface area contributed by atoms with E-state index in [0.29, 0.717) is 38.4 Å². The molecule has 1 unspecified atom stereocenters. The second kappa shape index (κ2) is 13.2. The Morgan fingerprint density at radius 1 is 0.905 bits per heavy atom. The van der Waals surface area contributed by atoms with Gasteiger partial charge in [0.15, 0.2) is 0 Å². The first-order chi connectivity index (χ1) is 20.4. The number of carbonyl (C=O) groups is 2. The van der Waals surface area contributed by atoms with E-state index in [-0.39, 0.29) is 13.1 Å². The molecule has 0 saturated heterocycles. The monoisotopic (exact) mass is 601 g/mol. The highest BCUT2D eigenvalue weighted by molar-refractivity contribution is 6.31. The van der Waals surface area contributed by atoms with Crippen LogP contribution in [-0.2, 0) is 22.7 Å². The summed E-state index contributed by atoms with van der Waals surface area (Å²) in [5, 5.41) is 16.5. The first kappa shape index (κ1) is 28.7. The van der Waals surface area contributed by atoms with Gasteiger partial charge in [0.05, 0.1) is 7.11 Å². The van der Waals surface area contributed by atoms with E-state index in [2.05, 4.69) is 25.7 Å². The van der Waals surface area contributed by atoms with Crippen molar-refractivity contribution >= 4 is 40.7 Å². The largest absolute Gasteiger partial charge is 0.497 e. The Bertz CT molecular complexity index is 1650. The average Bonchev–Trinajstić information content (AvgIpc) is 3.48. The molecule has 2 amide bonds.